The second kappa shape index (κ2) is 8.57. The number of carboxylic acid groups (broad SMARTS) is 1. The molecule has 0 saturated carbocycles. The van der Waals surface area contributed by atoms with Crippen LogP contribution in [-0.4, -0.2) is 33.7 Å². The van der Waals surface area contributed by atoms with Crippen LogP contribution in [0, 0.1) is 3.57 Å². The maximum Gasteiger partial charge on any atom is 0.341 e. The van der Waals surface area contributed by atoms with Gasteiger partial charge in [0.05, 0.1) is 11.4 Å². The number of carboxylic acids is 1. The molecule has 0 aliphatic carbocycles. The Hall–Kier alpha value is -2.33. The van der Waals surface area contributed by atoms with Crippen LogP contribution < -0.4 is 4.74 Å². The molecular weight excluding hydrogens is 481 g/mol. The molecule has 0 atom stereocenters. The van der Waals surface area contributed by atoms with Crippen molar-refractivity contribution in [1.29, 1.82) is 0 Å². The van der Waals surface area contributed by atoms with E-state index in [1.165, 1.54) is 4.90 Å². The second-order valence-electron chi connectivity index (χ2n) is 5.61. The lowest BCUT2D eigenvalue weighted by atomic mass is 10.1. The van der Waals surface area contributed by atoms with Gasteiger partial charge in [-0.2, -0.15) is 0 Å². The van der Waals surface area contributed by atoms with Crippen molar-refractivity contribution in [2.45, 2.75) is 6.54 Å². The molecule has 1 heterocycles. The number of thioether (sulfide) groups is 1. The van der Waals surface area contributed by atoms with Crippen LogP contribution >= 0.6 is 34.4 Å². The van der Waals surface area contributed by atoms with E-state index in [4.69, 9.17) is 9.84 Å². The zero-order chi connectivity index (χ0) is 19.4. The Morgan fingerprint density at radius 1 is 1.15 bits per heavy atom. The average molecular weight is 495 g/mol. The summed E-state index contributed by atoms with van der Waals surface area (Å²) in [6.45, 7) is -0.283. The van der Waals surface area contributed by atoms with Gasteiger partial charge in [-0.1, -0.05) is 30.3 Å². The van der Waals surface area contributed by atoms with E-state index in [1.807, 2.05) is 24.3 Å². The fourth-order valence-electron chi connectivity index (χ4n) is 2.42. The summed E-state index contributed by atoms with van der Waals surface area (Å²) >= 11 is 3.05. The minimum absolute atomic E-state index is 0.204. The predicted octanol–water partition coefficient (Wildman–Crippen LogP) is 3.99. The Morgan fingerprint density at radius 3 is 2.56 bits per heavy atom. The van der Waals surface area contributed by atoms with Gasteiger partial charge in [0.15, 0.2) is 6.61 Å². The molecule has 0 unspecified atom stereocenters. The number of ether oxygens (including phenoxy) is 1. The molecule has 1 aliphatic rings. The summed E-state index contributed by atoms with van der Waals surface area (Å²) in [5.74, 6) is -1.14. The van der Waals surface area contributed by atoms with E-state index in [0.29, 0.717) is 11.3 Å². The molecule has 0 bridgehead atoms. The van der Waals surface area contributed by atoms with Crippen LogP contribution in [-0.2, 0) is 16.1 Å². The van der Waals surface area contributed by atoms with Gasteiger partial charge in [0.25, 0.3) is 11.1 Å². The number of carbonyl (C=O) groups excluding carboxylic acids is 2. The summed E-state index contributed by atoms with van der Waals surface area (Å²) in [5.41, 5.74) is 1.41. The van der Waals surface area contributed by atoms with Gasteiger partial charge in [-0.05, 0) is 64.2 Å². The molecule has 2 aromatic carbocycles. The van der Waals surface area contributed by atoms with Gasteiger partial charge in [-0.3, -0.25) is 14.5 Å². The lowest BCUT2D eigenvalue weighted by Gasteiger charge is -2.12. The van der Waals surface area contributed by atoms with Crippen molar-refractivity contribution in [1.82, 2.24) is 4.90 Å². The van der Waals surface area contributed by atoms with Crippen LogP contribution in [0.2, 0.25) is 0 Å². The Bertz CT molecular complexity index is 926. The van der Waals surface area contributed by atoms with Crippen LogP contribution in [0.25, 0.3) is 6.08 Å². The average Bonchev–Trinajstić information content (AvgIpc) is 2.90. The standard InChI is InChI=1S/C19H14INO5S/c20-14-7-5-12(6-8-14)10-21-18(24)16(27-19(21)25)9-13-3-1-2-4-15(13)26-11-17(22)23/h1-9H,10-11H2,(H,22,23)/b16-9-. The molecular formula is C19H14INO5S. The van der Waals surface area contributed by atoms with Crippen molar-refractivity contribution >= 4 is 57.5 Å². The van der Waals surface area contributed by atoms with Gasteiger partial charge >= 0.3 is 5.97 Å². The van der Waals surface area contributed by atoms with E-state index < -0.39 is 12.6 Å². The molecule has 1 saturated heterocycles. The molecule has 0 aromatic heterocycles. The number of imide groups is 1. The first-order valence-corrected chi connectivity index (χ1v) is 9.77. The SMILES string of the molecule is O=C(O)COc1ccccc1/C=C1\SC(=O)N(Cc2ccc(I)cc2)C1=O. The zero-order valence-electron chi connectivity index (χ0n) is 13.9. The minimum Gasteiger partial charge on any atom is -0.481 e. The summed E-state index contributed by atoms with van der Waals surface area (Å²) in [7, 11) is 0. The van der Waals surface area contributed by atoms with Crippen LogP contribution in [0.5, 0.6) is 5.75 Å². The molecule has 8 heteroatoms. The molecule has 1 aliphatic heterocycles. The van der Waals surface area contributed by atoms with E-state index in [9.17, 15) is 14.4 Å². The van der Waals surface area contributed by atoms with Gasteiger partial charge in [0, 0.05) is 9.13 Å². The van der Waals surface area contributed by atoms with Gasteiger partial charge in [0.2, 0.25) is 0 Å². The summed E-state index contributed by atoms with van der Waals surface area (Å²) in [5, 5.41) is 8.43. The highest BCUT2D eigenvalue weighted by atomic mass is 127. The molecule has 0 spiro atoms. The molecule has 2 aromatic rings. The highest BCUT2D eigenvalue weighted by Gasteiger charge is 2.35. The third-order valence-corrected chi connectivity index (χ3v) is 5.31. The topological polar surface area (TPSA) is 83.9 Å². The Kier molecular flexibility index (Phi) is 6.17. The van der Waals surface area contributed by atoms with E-state index >= 15 is 0 Å². The second-order valence-corrected chi connectivity index (χ2v) is 7.85. The Labute approximate surface area is 173 Å². The number of aliphatic carboxylic acids is 1. The van der Waals surface area contributed by atoms with Crippen molar-refractivity contribution in [3.05, 3.63) is 68.1 Å². The quantitative estimate of drug-likeness (QED) is 0.482. The number of amides is 2. The summed E-state index contributed by atoms with van der Waals surface area (Å²) in [6, 6.07) is 14.4. The molecule has 0 radical (unpaired) electrons. The molecule has 138 valence electrons. The maximum atomic E-state index is 12.6. The highest BCUT2D eigenvalue weighted by molar-refractivity contribution is 14.1. The molecule has 1 fully saturated rings. The highest BCUT2D eigenvalue weighted by Crippen LogP contribution is 2.34. The van der Waals surface area contributed by atoms with Gasteiger partial charge in [-0.25, -0.2) is 4.79 Å². The first kappa shape index (κ1) is 19.4. The summed E-state index contributed by atoms with van der Waals surface area (Å²) in [6.07, 6.45) is 1.55. The van der Waals surface area contributed by atoms with E-state index in [1.54, 1.807) is 30.3 Å². The minimum atomic E-state index is -1.09. The number of nitrogens with zero attached hydrogens (tertiary/aromatic N) is 1. The monoisotopic (exact) mass is 495 g/mol. The fourth-order valence-corrected chi connectivity index (χ4v) is 3.61. The first-order chi connectivity index (χ1) is 12.9. The number of benzene rings is 2. The number of carbonyl (C=O) groups is 3. The lowest BCUT2D eigenvalue weighted by Crippen LogP contribution is -2.27. The maximum absolute atomic E-state index is 12.6. The van der Waals surface area contributed by atoms with Crippen molar-refractivity contribution in [2.24, 2.45) is 0 Å². The predicted molar refractivity (Wildman–Crippen MR) is 110 cm³/mol. The van der Waals surface area contributed by atoms with Crippen LogP contribution in [0.15, 0.2) is 53.4 Å². The molecule has 2 amide bonds. The fraction of sp³-hybridized carbons (Fsp3) is 0.105. The third kappa shape index (κ3) is 4.89. The number of hydrogen-bond acceptors (Lipinski definition) is 5. The van der Waals surface area contributed by atoms with E-state index in [2.05, 4.69) is 22.6 Å². The Balaban J connectivity index is 1.80. The van der Waals surface area contributed by atoms with Crippen LogP contribution in [0.4, 0.5) is 4.79 Å². The normalized spacial score (nSPS) is 15.4. The molecule has 1 N–H and O–H groups in total. The lowest BCUT2D eigenvalue weighted by molar-refractivity contribution is -0.139. The van der Waals surface area contributed by atoms with Gasteiger partial charge in [0.1, 0.15) is 5.75 Å². The first-order valence-electron chi connectivity index (χ1n) is 7.87. The molecule has 3 rings (SSSR count). The number of para-hydroxylation sites is 1. The van der Waals surface area contributed by atoms with Crippen molar-refractivity contribution in [3.8, 4) is 5.75 Å². The number of hydrogen-bond donors (Lipinski definition) is 1. The van der Waals surface area contributed by atoms with Gasteiger partial charge < -0.3 is 9.84 Å². The number of rotatable bonds is 6. The third-order valence-electron chi connectivity index (χ3n) is 3.68. The summed E-state index contributed by atoms with van der Waals surface area (Å²) < 4.78 is 6.31. The Morgan fingerprint density at radius 2 is 1.85 bits per heavy atom. The van der Waals surface area contributed by atoms with Crippen molar-refractivity contribution in [3.63, 3.8) is 0 Å². The number of halogens is 1. The van der Waals surface area contributed by atoms with Crippen LogP contribution in [0.3, 0.4) is 0 Å². The van der Waals surface area contributed by atoms with E-state index in [0.717, 1.165) is 20.9 Å². The smallest absolute Gasteiger partial charge is 0.341 e. The largest absolute Gasteiger partial charge is 0.481 e. The van der Waals surface area contributed by atoms with Crippen molar-refractivity contribution in [2.75, 3.05) is 6.61 Å². The van der Waals surface area contributed by atoms with E-state index in [-0.39, 0.29) is 22.6 Å². The zero-order valence-corrected chi connectivity index (χ0v) is 16.9. The molecule has 6 nitrogen and oxygen atoms in total. The summed E-state index contributed by atoms with van der Waals surface area (Å²) in [4.78, 5) is 37.1. The van der Waals surface area contributed by atoms with Crippen molar-refractivity contribution < 1.29 is 24.2 Å². The van der Waals surface area contributed by atoms with Crippen LogP contribution in [0.1, 0.15) is 11.1 Å². The van der Waals surface area contributed by atoms with Gasteiger partial charge in [-0.15, -0.1) is 0 Å². The molecule has 27 heavy (non-hydrogen) atoms.